The number of benzene rings is 1. The first kappa shape index (κ1) is 11.1. The van der Waals surface area contributed by atoms with Gasteiger partial charge in [0.1, 0.15) is 6.17 Å². The Balaban J connectivity index is 2.08. The third kappa shape index (κ3) is 2.79. The van der Waals surface area contributed by atoms with Crippen LogP contribution < -0.4 is 5.32 Å². The minimum atomic E-state index is -0.886. The fourth-order valence-corrected chi connectivity index (χ4v) is 2.46. The Morgan fingerprint density at radius 2 is 2.27 bits per heavy atom. The Bertz CT molecular complexity index is 323. The molecule has 15 heavy (non-hydrogen) atoms. The van der Waals surface area contributed by atoms with Crippen molar-refractivity contribution in [2.24, 2.45) is 0 Å². The van der Waals surface area contributed by atoms with Gasteiger partial charge in [0.25, 0.3) is 0 Å². The molecule has 0 saturated carbocycles. The standard InChI is InChI=1S/C12H15BrFN/c13-10-5-3-4-9(8-10)12(14)11-6-1-2-7-15-11/h3-5,8,11-12,15H,1-2,6-7H2. The van der Waals surface area contributed by atoms with Gasteiger partial charge in [-0.2, -0.15) is 0 Å². The van der Waals surface area contributed by atoms with Gasteiger partial charge < -0.3 is 5.32 Å². The van der Waals surface area contributed by atoms with Gasteiger partial charge in [0.2, 0.25) is 0 Å². The van der Waals surface area contributed by atoms with Gasteiger partial charge in [0, 0.05) is 10.5 Å². The Morgan fingerprint density at radius 3 is 2.93 bits per heavy atom. The van der Waals surface area contributed by atoms with Gasteiger partial charge in [-0.05, 0) is 37.1 Å². The number of nitrogens with one attached hydrogen (secondary N) is 1. The van der Waals surface area contributed by atoms with Crippen molar-refractivity contribution < 1.29 is 4.39 Å². The molecule has 0 aromatic heterocycles. The van der Waals surface area contributed by atoms with E-state index in [1.54, 1.807) is 0 Å². The zero-order chi connectivity index (χ0) is 10.7. The molecule has 1 aliphatic rings. The average molecular weight is 272 g/mol. The lowest BCUT2D eigenvalue weighted by molar-refractivity contribution is 0.221. The highest BCUT2D eigenvalue weighted by Crippen LogP contribution is 2.28. The third-order valence-electron chi connectivity index (χ3n) is 2.87. The summed E-state index contributed by atoms with van der Waals surface area (Å²) in [6.07, 6.45) is 2.35. The summed E-state index contributed by atoms with van der Waals surface area (Å²) in [6, 6.07) is 7.51. The van der Waals surface area contributed by atoms with Crippen LogP contribution in [0.25, 0.3) is 0 Å². The summed E-state index contributed by atoms with van der Waals surface area (Å²) in [4.78, 5) is 0. The van der Waals surface area contributed by atoms with Gasteiger partial charge in [-0.15, -0.1) is 0 Å². The number of hydrogen-bond donors (Lipinski definition) is 1. The molecule has 1 saturated heterocycles. The molecular weight excluding hydrogens is 257 g/mol. The molecule has 1 aromatic rings. The molecule has 0 aliphatic carbocycles. The maximum absolute atomic E-state index is 14.1. The predicted octanol–water partition coefficient (Wildman–Crippen LogP) is 3.60. The zero-order valence-electron chi connectivity index (χ0n) is 8.55. The van der Waals surface area contributed by atoms with E-state index in [2.05, 4.69) is 21.2 Å². The number of rotatable bonds is 2. The van der Waals surface area contributed by atoms with Crippen LogP contribution in [0.15, 0.2) is 28.7 Å². The molecule has 0 spiro atoms. The predicted molar refractivity (Wildman–Crippen MR) is 63.6 cm³/mol. The number of piperidine rings is 1. The lowest BCUT2D eigenvalue weighted by Gasteiger charge is -2.26. The second-order valence-electron chi connectivity index (χ2n) is 4.01. The molecule has 3 heteroatoms. The summed E-state index contributed by atoms with van der Waals surface area (Å²) in [5, 5.41) is 3.25. The van der Waals surface area contributed by atoms with Gasteiger partial charge in [0.15, 0.2) is 0 Å². The second kappa shape index (κ2) is 5.08. The summed E-state index contributed by atoms with van der Waals surface area (Å²) in [7, 11) is 0. The molecular formula is C12H15BrFN. The van der Waals surface area contributed by atoms with Gasteiger partial charge in [-0.3, -0.25) is 0 Å². The van der Waals surface area contributed by atoms with E-state index in [1.165, 1.54) is 6.42 Å². The molecule has 1 heterocycles. The number of hydrogen-bond acceptors (Lipinski definition) is 1. The SMILES string of the molecule is FC(c1cccc(Br)c1)C1CCCCN1. The topological polar surface area (TPSA) is 12.0 Å². The molecule has 2 unspecified atom stereocenters. The molecule has 2 atom stereocenters. The van der Waals surface area contributed by atoms with Crippen LogP contribution in [0.2, 0.25) is 0 Å². The second-order valence-corrected chi connectivity index (χ2v) is 4.93. The Labute approximate surface area is 98.2 Å². The van der Waals surface area contributed by atoms with E-state index in [4.69, 9.17) is 0 Å². The molecule has 1 nitrogen and oxygen atoms in total. The van der Waals surface area contributed by atoms with E-state index < -0.39 is 6.17 Å². The molecule has 0 bridgehead atoms. The van der Waals surface area contributed by atoms with E-state index >= 15 is 0 Å². The van der Waals surface area contributed by atoms with Crippen molar-refractivity contribution in [3.8, 4) is 0 Å². The third-order valence-corrected chi connectivity index (χ3v) is 3.36. The van der Waals surface area contributed by atoms with Crippen LogP contribution in [0.1, 0.15) is 31.0 Å². The Hall–Kier alpha value is -0.410. The van der Waals surface area contributed by atoms with Crippen LogP contribution in [-0.2, 0) is 0 Å². The van der Waals surface area contributed by atoms with Crippen LogP contribution in [-0.4, -0.2) is 12.6 Å². The van der Waals surface area contributed by atoms with Gasteiger partial charge in [0.05, 0.1) is 0 Å². The minimum Gasteiger partial charge on any atom is -0.311 e. The minimum absolute atomic E-state index is 0.00644. The highest BCUT2D eigenvalue weighted by atomic mass is 79.9. The van der Waals surface area contributed by atoms with Crippen molar-refractivity contribution in [2.45, 2.75) is 31.5 Å². The molecule has 0 amide bonds. The number of alkyl halides is 1. The maximum atomic E-state index is 14.1. The first-order valence-corrected chi connectivity index (χ1v) is 6.19. The normalized spacial score (nSPS) is 23.7. The van der Waals surface area contributed by atoms with Crippen molar-refractivity contribution in [1.82, 2.24) is 5.32 Å². The van der Waals surface area contributed by atoms with E-state index in [9.17, 15) is 4.39 Å². The van der Waals surface area contributed by atoms with Crippen molar-refractivity contribution in [3.63, 3.8) is 0 Å². The van der Waals surface area contributed by atoms with Crippen molar-refractivity contribution in [3.05, 3.63) is 34.3 Å². The van der Waals surface area contributed by atoms with Crippen LogP contribution >= 0.6 is 15.9 Å². The molecule has 0 radical (unpaired) electrons. The highest BCUT2D eigenvalue weighted by molar-refractivity contribution is 9.10. The van der Waals surface area contributed by atoms with E-state index in [-0.39, 0.29) is 6.04 Å². The van der Waals surface area contributed by atoms with Crippen LogP contribution in [0.4, 0.5) is 4.39 Å². The molecule has 82 valence electrons. The molecule has 1 fully saturated rings. The summed E-state index contributed by atoms with van der Waals surface area (Å²) >= 11 is 3.37. The maximum Gasteiger partial charge on any atom is 0.140 e. The Kier molecular flexibility index (Phi) is 3.76. The lowest BCUT2D eigenvalue weighted by atomic mass is 9.96. The summed E-state index contributed by atoms with van der Waals surface area (Å²) in [6.45, 7) is 0.944. The molecule has 1 aromatic carbocycles. The summed E-state index contributed by atoms with van der Waals surface area (Å²) in [5.41, 5.74) is 0.767. The first-order chi connectivity index (χ1) is 7.27. The summed E-state index contributed by atoms with van der Waals surface area (Å²) in [5.74, 6) is 0. The smallest absolute Gasteiger partial charge is 0.140 e. The van der Waals surface area contributed by atoms with Crippen LogP contribution in [0.5, 0.6) is 0 Å². The molecule has 1 aliphatic heterocycles. The van der Waals surface area contributed by atoms with Crippen molar-refractivity contribution in [1.29, 1.82) is 0 Å². The van der Waals surface area contributed by atoms with Crippen molar-refractivity contribution in [2.75, 3.05) is 6.54 Å². The van der Waals surface area contributed by atoms with Gasteiger partial charge >= 0.3 is 0 Å². The van der Waals surface area contributed by atoms with E-state index in [1.807, 2.05) is 24.3 Å². The van der Waals surface area contributed by atoms with Crippen molar-refractivity contribution >= 4 is 15.9 Å². The van der Waals surface area contributed by atoms with E-state index in [0.717, 1.165) is 29.4 Å². The average Bonchev–Trinajstić information content (AvgIpc) is 2.29. The zero-order valence-corrected chi connectivity index (χ0v) is 10.1. The fourth-order valence-electron chi connectivity index (χ4n) is 2.04. The molecule has 2 rings (SSSR count). The van der Waals surface area contributed by atoms with Gasteiger partial charge in [-0.1, -0.05) is 34.5 Å². The highest BCUT2D eigenvalue weighted by Gasteiger charge is 2.24. The van der Waals surface area contributed by atoms with Crippen LogP contribution in [0.3, 0.4) is 0 Å². The Morgan fingerprint density at radius 1 is 1.40 bits per heavy atom. The quantitative estimate of drug-likeness (QED) is 0.867. The van der Waals surface area contributed by atoms with Crippen LogP contribution in [0, 0.1) is 0 Å². The largest absolute Gasteiger partial charge is 0.311 e. The van der Waals surface area contributed by atoms with E-state index in [0.29, 0.717) is 0 Å². The monoisotopic (exact) mass is 271 g/mol. The lowest BCUT2D eigenvalue weighted by Crippen LogP contribution is -2.37. The first-order valence-electron chi connectivity index (χ1n) is 5.40. The number of halogens is 2. The molecule has 1 N–H and O–H groups in total. The summed E-state index contributed by atoms with van der Waals surface area (Å²) < 4.78 is 15.1. The van der Waals surface area contributed by atoms with Gasteiger partial charge in [-0.25, -0.2) is 4.39 Å². The fraction of sp³-hybridized carbons (Fsp3) is 0.500.